The van der Waals surface area contributed by atoms with Gasteiger partial charge in [-0.25, -0.2) is 9.97 Å². The lowest BCUT2D eigenvalue weighted by molar-refractivity contribution is 0.100. The van der Waals surface area contributed by atoms with Crippen LogP contribution >= 0.6 is 0 Å². The van der Waals surface area contributed by atoms with Crippen molar-refractivity contribution in [2.45, 2.75) is 6.92 Å². The molecular formula is C18H15N7O. The summed E-state index contributed by atoms with van der Waals surface area (Å²) in [4.78, 5) is 25.2. The van der Waals surface area contributed by atoms with Gasteiger partial charge >= 0.3 is 0 Å². The fraction of sp³-hybridized carbons (Fsp3) is 0.0556. The molecule has 0 aliphatic carbocycles. The maximum atomic E-state index is 11.8. The summed E-state index contributed by atoms with van der Waals surface area (Å²) in [5, 5.41) is 10.8. The van der Waals surface area contributed by atoms with Gasteiger partial charge in [-0.05, 0) is 25.1 Å². The van der Waals surface area contributed by atoms with Gasteiger partial charge in [-0.15, -0.1) is 5.10 Å². The van der Waals surface area contributed by atoms with E-state index in [-0.39, 0.29) is 0 Å². The Morgan fingerprint density at radius 3 is 2.58 bits per heavy atom. The van der Waals surface area contributed by atoms with Crippen LogP contribution in [-0.2, 0) is 0 Å². The average molecular weight is 345 g/mol. The van der Waals surface area contributed by atoms with Crippen molar-refractivity contribution in [2.75, 3.05) is 5.32 Å². The van der Waals surface area contributed by atoms with Gasteiger partial charge in [0.25, 0.3) is 0 Å². The standard InChI is InChI=1S/C18H15N7O/c1-10-20-18(25-24-10)23-17-13-8-4-5-9-14(13)21-16(22-17)12-7-3-2-6-11(12)15(19)26/h2-9H,1H3,(H2,19,26)(H2,20,21,22,23,24,25). The molecule has 0 spiro atoms. The Morgan fingerprint density at radius 1 is 1.04 bits per heavy atom. The van der Waals surface area contributed by atoms with E-state index in [1.54, 1.807) is 18.2 Å². The maximum absolute atomic E-state index is 11.8. The molecular weight excluding hydrogens is 330 g/mol. The minimum Gasteiger partial charge on any atom is -0.366 e. The van der Waals surface area contributed by atoms with Gasteiger partial charge in [-0.3, -0.25) is 9.89 Å². The van der Waals surface area contributed by atoms with Crippen LogP contribution < -0.4 is 11.1 Å². The Kier molecular flexibility index (Phi) is 3.77. The fourth-order valence-electron chi connectivity index (χ4n) is 2.69. The van der Waals surface area contributed by atoms with Gasteiger partial charge in [-0.2, -0.15) is 4.98 Å². The molecule has 0 bridgehead atoms. The first kappa shape index (κ1) is 15.7. The number of anilines is 2. The molecule has 128 valence electrons. The molecule has 0 unspecified atom stereocenters. The summed E-state index contributed by atoms with van der Waals surface area (Å²) in [6, 6.07) is 14.6. The maximum Gasteiger partial charge on any atom is 0.249 e. The van der Waals surface area contributed by atoms with Gasteiger partial charge in [0.2, 0.25) is 11.9 Å². The Balaban J connectivity index is 1.91. The van der Waals surface area contributed by atoms with Crippen molar-refractivity contribution in [1.29, 1.82) is 0 Å². The Labute approximate surface area is 148 Å². The summed E-state index contributed by atoms with van der Waals surface area (Å²) in [5.74, 6) is 1.50. The van der Waals surface area contributed by atoms with E-state index in [4.69, 9.17) is 5.73 Å². The molecule has 2 heterocycles. The van der Waals surface area contributed by atoms with Crippen LogP contribution in [0.5, 0.6) is 0 Å². The SMILES string of the molecule is Cc1nc(Nc2nc(-c3ccccc3C(N)=O)nc3ccccc23)n[nH]1. The van der Waals surface area contributed by atoms with E-state index in [2.05, 4.69) is 30.5 Å². The van der Waals surface area contributed by atoms with E-state index in [1.807, 2.05) is 37.3 Å². The summed E-state index contributed by atoms with van der Waals surface area (Å²) in [7, 11) is 0. The minimum absolute atomic E-state index is 0.363. The average Bonchev–Trinajstić information content (AvgIpc) is 3.06. The van der Waals surface area contributed by atoms with Crippen LogP contribution in [0.25, 0.3) is 22.3 Å². The third-order valence-electron chi connectivity index (χ3n) is 3.86. The van der Waals surface area contributed by atoms with Crippen molar-refractivity contribution < 1.29 is 4.79 Å². The summed E-state index contributed by atoms with van der Waals surface area (Å²) in [5.41, 5.74) is 7.16. The highest BCUT2D eigenvalue weighted by Gasteiger charge is 2.15. The van der Waals surface area contributed by atoms with Crippen LogP contribution in [0, 0.1) is 6.92 Å². The second kappa shape index (κ2) is 6.25. The van der Waals surface area contributed by atoms with Crippen molar-refractivity contribution >= 4 is 28.6 Å². The zero-order valence-corrected chi connectivity index (χ0v) is 13.9. The van der Waals surface area contributed by atoms with Gasteiger partial charge < -0.3 is 11.1 Å². The number of amides is 1. The zero-order valence-electron chi connectivity index (χ0n) is 13.9. The van der Waals surface area contributed by atoms with E-state index in [0.29, 0.717) is 34.5 Å². The first-order valence-corrected chi connectivity index (χ1v) is 7.94. The highest BCUT2D eigenvalue weighted by Crippen LogP contribution is 2.28. The molecule has 4 N–H and O–H groups in total. The van der Waals surface area contributed by atoms with Crippen molar-refractivity contribution in [2.24, 2.45) is 5.73 Å². The first-order chi connectivity index (χ1) is 12.6. The number of rotatable bonds is 4. The van der Waals surface area contributed by atoms with Crippen molar-refractivity contribution in [1.82, 2.24) is 25.1 Å². The van der Waals surface area contributed by atoms with E-state index >= 15 is 0 Å². The van der Waals surface area contributed by atoms with Crippen LogP contribution in [0.4, 0.5) is 11.8 Å². The number of nitrogens with zero attached hydrogens (tertiary/aromatic N) is 4. The van der Waals surface area contributed by atoms with E-state index in [0.717, 1.165) is 10.9 Å². The molecule has 2 aromatic carbocycles. The van der Waals surface area contributed by atoms with Crippen LogP contribution in [0.15, 0.2) is 48.5 Å². The van der Waals surface area contributed by atoms with Crippen LogP contribution in [0.3, 0.4) is 0 Å². The molecule has 26 heavy (non-hydrogen) atoms. The number of carbonyl (C=O) groups excluding carboxylic acids is 1. The number of nitrogens with one attached hydrogen (secondary N) is 2. The first-order valence-electron chi connectivity index (χ1n) is 7.94. The van der Waals surface area contributed by atoms with Gasteiger partial charge in [-0.1, -0.05) is 30.3 Å². The number of aryl methyl sites for hydroxylation is 1. The van der Waals surface area contributed by atoms with E-state index in [1.165, 1.54) is 0 Å². The molecule has 8 heteroatoms. The number of para-hydroxylation sites is 1. The van der Waals surface area contributed by atoms with E-state index < -0.39 is 5.91 Å². The number of aromatic nitrogens is 5. The number of primary amides is 1. The number of aromatic amines is 1. The van der Waals surface area contributed by atoms with Crippen LogP contribution in [0.2, 0.25) is 0 Å². The Bertz CT molecular complexity index is 1120. The summed E-state index contributed by atoms with van der Waals surface area (Å²) in [6.45, 7) is 1.81. The molecule has 0 saturated carbocycles. The second-order valence-corrected chi connectivity index (χ2v) is 5.69. The molecule has 0 aliphatic heterocycles. The number of hydrogen-bond acceptors (Lipinski definition) is 6. The van der Waals surface area contributed by atoms with Gasteiger partial charge in [0.15, 0.2) is 5.82 Å². The number of nitrogens with two attached hydrogens (primary N) is 1. The summed E-state index contributed by atoms with van der Waals surface area (Å²) in [6.07, 6.45) is 0. The molecule has 8 nitrogen and oxygen atoms in total. The number of carbonyl (C=O) groups is 1. The lowest BCUT2D eigenvalue weighted by Gasteiger charge is -2.10. The third-order valence-corrected chi connectivity index (χ3v) is 3.86. The Hall–Kier alpha value is -3.81. The Morgan fingerprint density at radius 2 is 1.81 bits per heavy atom. The molecule has 0 radical (unpaired) electrons. The molecule has 4 aromatic rings. The molecule has 2 aromatic heterocycles. The van der Waals surface area contributed by atoms with Gasteiger partial charge in [0.1, 0.15) is 11.6 Å². The molecule has 0 fully saturated rings. The lowest BCUT2D eigenvalue weighted by atomic mass is 10.1. The largest absolute Gasteiger partial charge is 0.366 e. The number of benzene rings is 2. The highest BCUT2D eigenvalue weighted by atomic mass is 16.1. The molecule has 0 atom stereocenters. The second-order valence-electron chi connectivity index (χ2n) is 5.69. The lowest BCUT2D eigenvalue weighted by Crippen LogP contribution is -2.13. The molecule has 4 rings (SSSR count). The monoisotopic (exact) mass is 345 g/mol. The van der Waals surface area contributed by atoms with Crippen LogP contribution in [-0.4, -0.2) is 31.1 Å². The number of fused-ring (bicyclic) bond motifs is 1. The third kappa shape index (κ3) is 2.84. The zero-order chi connectivity index (χ0) is 18.1. The topological polar surface area (TPSA) is 122 Å². The quantitative estimate of drug-likeness (QED) is 0.522. The molecule has 0 saturated heterocycles. The predicted octanol–water partition coefficient (Wildman–Crippen LogP) is 2.57. The van der Waals surface area contributed by atoms with Crippen molar-refractivity contribution in [3.8, 4) is 11.4 Å². The fourth-order valence-corrected chi connectivity index (χ4v) is 2.69. The normalized spacial score (nSPS) is 10.8. The van der Waals surface area contributed by atoms with Crippen molar-refractivity contribution in [3.63, 3.8) is 0 Å². The number of hydrogen-bond donors (Lipinski definition) is 3. The molecule has 1 amide bonds. The van der Waals surface area contributed by atoms with Crippen LogP contribution in [0.1, 0.15) is 16.2 Å². The minimum atomic E-state index is -0.531. The predicted molar refractivity (Wildman–Crippen MR) is 97.9 cm³/mol. The van der Waals surface area contributed by atoms with E-state index in [9.17, 15) is 4.79 Å². The highest BCUT2D eigenvalue weighted by molar-refractivity contribution is 6.00. The van der Waals surface area contributed by atoms with Gasteiger partial charge in [0, 0.05) is 10.9 Å². The van der Waals surface area contributed by atoms with Crippen molar-refractivity contribution in [3.05, 3.63) is 59.9 Å². The van der Waals surface area contributed by atoms with Gasteiger partial charge in [0.05, 0.1) is 11.1 Å². The summed E-state index contributed by atoms with van der Waals surface area (Å²) >= 11 is 0. The summed E-state index contributed by atoms with van der Waals surface area (Å²) < 4.78 is 0. The molecule has 0 aliphatic rings. The number of H-pyrrole nitrogens is 1. The smallest absolute Gasteiger partial charge is 0.249 e.